The zero-order valence-corrected chi connectivity index (χ0v) is 17.6. The third-order valence-electron chi connectivity index (χ3n) is 5.82. The van der Waals surface area contributed by atoms with Gasteiger partial charge in [0.15, 0.2) is 0 Å². The normalized spacial score (nSPS) is 19.6. The number of carbonyl (C=O) groups is 2. The van der Waals surface area contributed by atoms with Gasteiger partial charge < -0.3 is 10.2 Å². The molecule has 2 aliphatic heterocycles. The van der Waals surface area contributed by atoms with Crippen molar-refractivity contribution in [2.24, 2.45) is 5.92 Å². The smallest absolute Gasteiger partial charge is 0.343 e. The Bertz CT molecular complexity index is 957. The van der Waals surface area contributed by atoms with Gasteiger partial charge in [-0.05, 0) is 48.9 Å². The molecule has 0 aliphatic carbocycles. The lowest BCUT2D eigenvalue weighted by atomic mass is 9.90. The number of hydrogen-bond acceptors (Lipinski definition) is 3. The van der Waals surface area contributed by atoms with Crippen LogP contribution in [0.3, 0.4) is 0 Å². The molecule has 1 fully saturated rings. The molecule has 2 heterocycles. The molecule has 1 unspecified atom stereocenters. The highest BCUT2D eigenvalue weighted by Gasteiger charge is 2.35. The Balaban J connectivity index is 1.32. The summed E-state index contributed by atoms with van der Waals surface area (Å²) in [6.45, 7) is 1.34. The van der Waals surface area contributed by atoms with Crippen molar-refractivity contribution >= 4 is 29.3 Å². The molecule has 4 nitrogen and oxygen atoms in total. The van der Waals surface area contributed by atoms with Gasteiger partial charge in [0.25, 0.3) is 0 Å². The number of thioether (sulfide) groups is 1. The molecule has 0 aromatic heterocycles. The molecule has 1 N–H and O–H groups in total. The van der Waals surface area contributed by atoms with Gasteiger partial charge >= 0.3 is 6.18 Å². The lowest BCUT2D eigenvalue weighted by Crippen LogP contribution is -2.42. The van der Waals surface area contributed by atoms with Crippen LogP contribution in [0, 0.1) is 5.92 Å². The van der Waals surface area contributed by atoms with Crippen LogP contribution in [0.5, 0.6) is 0 Å². The molecule has 2 aliphatic rings. The molecule has 31 heavy (non-hydrogen) atoms. The van der Waals surface area contributed by atoms with Crippen molar-refractivity contribution < 1.29 is 22.8 Å². The van der Waals surface area contributed by atoms with Gasteiger partial charge in [-0.25, -0.2) is 0 Å². The van der Waals surface area contributed by atoms with Crippen LogP contribution in [-0.4, -0.2) is 35.1 Å². The molecule has 2 aromatic carbocycles. The molecule has 4 rings (SSSR count). The van der Waals surface area contributed by atoms with Crippen molar-refractivity contribution in [3.8, 4) is 0 Å². The molecular weight excluding hydrogens is 425 g/mol. The number of benzene rings is 2. The number of piperidine rings is 1. The minimum Gasteiger partial charge on any atom is -0.343 e. The summed E-state index contributed by atoms with van der Waals surface area (Å²) in [4.78, 5) is 27.5. The number of nitrogens with one attached hydrogen (secondary N) is 1. The first-order valence-corrected chi connectivity index (χ1v) is 11.2. The predicted octanol–water partition coefficient (Wildman–Crippen LogP) is 4.99. The van der Waals surface area contributed by atoms with E-state index < -0.39 is 22.9 Å². The third-order valence-corrected chi connectivity index (χ3v) is 7.10. The number of alkyl halides is 3. The second-order valence-electron chi connectivity index (χ2n) is 8.02. The van der Waals surface area contributed by atoms with Gasteiger partial charge in [0.05, 0.1) is 16.5 Å². The molecule has 1 saturated heterocycles. The van der Waals surface area contributed by atoms with Gasteiger partial charge in [-0.1, -0.05) is 30.3 Å². The molecule has 0 radical (unpaired) electrons. The minimum atomic E-state index is -4.47. The number of carbonyl (C=O) groups excluding carboxylic acids is 2. The summed E-state index contributed by atoms with van der Waals surface area (Å²) in [6.07, 6.45) is -1.58. The van der Waals surface area contributed by atoms with Crippen molar-refractivity contribution in [2.75, 3.05) is 18.4 Å². The molecule has 164 valence electrons. The first-order chi connectivity index (χ1) is 14.8. The van der Waals surface area contributed by atoms with Crippen LogP contribution in [0.2, 0.25) is 0 Å². The zero-order valence-electron chi connectivity index (χ0n) is 16.8. The Morgan fingerprint density at radius 2 is 1.81 bits per heavy atom. The topological polar surface area (TPSA) is 49.4 Å². The predicted molar refractivity (Wildman–Crippen MR) is 114 cm³/mol. The molecule has 2 aromatic rings. The molecular formula is C23H23F3N2O2S. The second kappa shape index (κ2) is 8.94. The summed E-state index contributed by atoms with van der Waals surface area (Å²) >= 11 is 1.15. The maximum absolute atomic E-state index is 12.9. The number of halogens is 3. The van der Waals surface area contributed by atoms with Gasteiger partial charge in [0, 0.05) is 24.4 Å². The maximum Gasteiger partial charge on any atom is 0.416 e. The van der Waals surface area contributed by atoms with Gasteiger partial charge in [0.2, 0.25) is 11.8 Å². The van der Waals surface area contributed by atoms with Crippen molar-refractivity contribution in [3.63, 3.8) is 0 Å². The number of amides is 2. The highest BCUT2D eigenvalue weighted by atomic mass is 32.2. The van der Waals surface area contributed by atoms with Crippen LogP contribution in [0.1, 0.15) is 30.4 Å². The highest BCUT2D eigenvalue weighted by molar-refractivity contribution is 8.01. The van der Waals surface area contributed by atoms with E-state index in [1.54, 1.807) is 4.90 Å². The monoisotopic (exact) mass is 448 g/mol. The number of anilines is 1. The van der Waals surface area contributed by atoms with Crippen molar-refractivity contribution in [1.82, 2.24) is 4.90 Å². The van der Waals surface area contributed by atoms with Gasteiger partial charge in [-0.2, -0.15) is 13.2 Å². The number of likely N-dealkylation sites (tertiary alicyclic amines) is 1. The van der Waals surface area contributed by atoms with Crippen LogP contribution in [0.25, 0.3) is 0 Å². The van der Waals surface area contributed by atoms with Crippen LogP contribution >= 0.6 is 11.8 Å². The summed E-state index contributed by atoms with van der Waals surface area (Å²) in [5.74, 6) is 0.0267. The van der Waals surface area contributed by atoms with Crippen LogP contribution in [0.15, 0.2) is 53.4 Å². The highest BCUT2D eigenvalue weighted by Crippen LogP contribution is 2.40. The number of hydrogen-bond donors (Lipinski definition) is 1. The fourth-order valence-electron chi connectivity index (χ4n) is 4.08. The van der Waals surface area contributed by atoms with Gasteiger partial charge in [-0.3, -0.25) is 9.59 Å². The van der Waals surface area contributed by atoms with E-state index in [1.807, 2.05) is 18.2 Å². The molecule has 0 bridgehead atoms. The Labute approximate surface area is 183 Å². The van der Waals surface area contributed by atoms with Crippen LogP contribution in [-0.2, 0) is 22.2 Å². The first-order valence-electron chi connectivity index (χ1n) is 10.3. The van der Waals surface area contributed by atoms with Crippen molar-refractivity contribution in [2.45, 2.75) is 42.0 Å². The summed E-state index contributed by atoms with van der Waals surface area (Å²) in [7, 11) is 0. The third kappa shape index (κ3) is 5.23. The summed E-state index contributed by atoms with van der Waals surface area (Å²) in [5, 5.41) is 1.89. The van der Waals surface area contributed by atoms with E-state index in [2.05, 4.69) is 17.4 Å². The van der Waals surface area contributed by atoms with Crippen molar-refractivity contribution in [3.05, 3.63) is 59.7 Å². The maximum atomic E-state index is 12.9. The van der Waals surface area contributed by atoms with E-state index in [0.717, 1.165) is 43.2 Å². The quantitative estimate of drug-likeness (QED) is 0.717. The molecule has 0 saturated carbocycles. The Morgan fingerprint density at radius 1 is 1.10 bits per heavy atom. The van der Waals surface area contributed by atoms with E-state index in [0.29, 0.717) is 23.9 Å². The molecule has 1 atom stereocenters. The van der Waals surface area contributed by atoms with E-state index in [-0.39, 0.29) is 18.0 Å². The largest absolute Gasteiger partial charge is 0.416 e. The standard InChI is InChI=1S/C23H23F3N2O2S/c24-23(25,26)17-6-7-19-18(13-17)27-22(30)20(31-19)14-21(29)28-10-8-16(9-11-28)12-15-4-2-1-3-5-15/h1-7,13,16,20H,8-12,14H2,(H,27,30). The average Bonchev–Trinajstić information content (AvgIpc) is 2.74. The molecule has 0 spiro atoms. The molecule has 2 amide bonds. The van der Waals surface area contributed by atoms with E-state index in [4.69, 9.17) is 0 Å². The fourth-order valence-corrected chi connectivity index (χ4v) is 5.16. The van der Waals surface area contributed by atoms with Crippen molar-refractivity contribution in [1.29, 1.82) is 0 Å². The minimum absolute atomic E-state index is 0.0420. The summed E-state index contributed by atoms with van der Waals surface area (Å²) < 4.78 is 38.7. The fraction of sp³-hybridized carbons (Fsp3) is 0.391. The van der Waals surface area contributed by atoms with Gasteiger partial charge in [0.1, 0.15) is 0 Å². The summed E-state index contributed by atoms with van der Waals surface area (Å²) in [5.41, 5.74) is 0.644. The summed E-state index contributed by atoms with van der Waals surface area (Å²) in [6, 6.07) is 13.6. The number of nitrogens with zero attached hydrogens (tertiary/aromatic N) is 1. The Kier molecular flexibility index (Phi) is 6.27. The average molecular weight is 449 g/mol. The lowest BCUT2D eigenvalue weighted by molar-refractivity contribution is -0.137. The SMILES string of the molecule is O=C1Nc2cc(C(F)(F)F)ccc2SC1CC(=O)N1CCC(Cc2ccccc2)CC1. The first kappa shape index (κ1) is 21.7. The Morgan fingerprint density at radius 3 is 2.48 bits per heavy atom. The van der Waals surface area contributed by atoms with Gasteiger partial charge in [-0.15, -0.1) is 11.8 Å². The van der Waals surface area contributed by atoms with E-state index in [9.17, 15) is 22.8 Å². The van der Waals surface area contributed by atoms with Crippen LogP contribution < -0.4 is 5.32 Å². The lowest BCUT2D eigenvalue weighted by Gasteiger charge is -2.33. The van der Waals surface area contributed by atoms with Crippen LogP contribution in [0.4, 0.5) is 18.9 Å². The number of fused-ring (bicyclic) bond motifs is 1. The molecule has 8 heteroatoms. The number of rotatable bonds is 4. The van der Waals surface area contributed by atoms with E-state index >= 15 is 0 Å². The zero-order chi connectivity index (χ0) is 22.0. The second-order valence-corrected chi connectivity index (χ2v) is 9.27. The Hall–Kier alpha value is -2.48. The van der Waals surface area contributed by atoms with E-state index in [1.165, 1.54) is 11.6 Å².